The molecule has 1 aliphatic rings. The van der Waals surface area contributed by atoms with E-state index in [2.05, 4.69) is 15.4 Å². The average Bonchev–Trinajstić information content (AvgIpc) is 2.88. The molecule has 1 aliphatic carbocycles. The monoisotopic (exact) mass is 223 g/mol. The van der Waals surface area contributed by atoms with Gasteiger partial charge >= 0.3 is 0 Å². The molecule has 0 saturated heterocycles. The molecular weight excluding hydrogens is 206 g/mol. The van der Waals surface area contributed by atoms with E-state index >= 15 is 0 Å². The molecule has 6 nitrogen and oxygen atoms in total. The molecule has 1 amide bonds. The van der Waals surface area contributed by atoms with Crippen LogP contribution in [-0.4, -0.2) is 33.3 Å². The molecule has 0 aromatic carbocycles. The van der Waals surface area contributed by atoms with Crippen LogP contribution in [0.1, 0.15) is 19.3 Å². The zero-order valence-electron chi connectivity index (χ0n) is 9.17. The van der Waals surface area contributed by atoms with Crippen molar-refractivity contribution in [2.24, 2.45) is 11.7 Å². The Morgan fingerprint density at radius 3 is 3.12 bits per heavy atom. The molecule has 1 fully saturated rings. The van der Waals surface area contributed by atoms with Gasteiger partial charge in [-0.25, -0.2) is 9.67 Å². The zero-order chi connectivity index (χ0) is 11.4. The third-order valence-corrected chi connectivity index (χ3v) is 3.08. The molecule has 16 heavy (non-hydrogen) atoms. The van der Waals surface area contributed by atoms with E-state index in [0.717, 1.165) is 19.3 Å². The Hall–Kier alpha value is -1.43. The van der Waals surface area contributed by atoms with Crippen LogP contribution in [0.3, 0.4) is 0 Å². The van der Waals surface area contributed by atoms with Crippen molar-refractivity contribution in [3.05, 3.63) is 12.7 Å². The number of hydrogen-bond donors (Lipinski definition) is 2. The van der Waals surface area contributed by atoms with Crippen LogP contribution >= 0.6 is 0 Å². The summed E-state index contributed by atoms with van der Waals surface area (Å²) in [6, 6.07) is 0.237. The summed E-state index contributed by atoms with van der Waals surface area (Å²) in [4.78, 5) is 15.5. The van der Waals surface area contributed by atoms with E-state index < -0.39 is 0 Å². The molecule has 0 radical (unpaired) electrons. The highest BCUT2D eigenvalue weighted by Crippen LogP contribution is 2.24. The van der Waals surface area contributed by atoms with Gasteiger partial charge in [-0.3, -0.25) is 4.79 Å². The summed E-state index contributed by atoms with van der Waals surface area (Å²) < 4.78 is 1.52. The van der Waals surface area contributed by atoms with E-state index in [-0.39, 0.29) is 18.5 Å². The minimum Gasteiger partial charge on any atom is -0.351 e. The van der Waals surface area contributed by atoms with Crippen LogP contribution in [0.2, 0.25) is 0 Å². The molecule has 1 heterocycles. The number of nitrogens with two attached hydrogens (primary N) is 1. The van der Waals surface area contributed by atoms with Crippen LogP contribution in [0.4, 0.5) is 0 Å². The van der Waals surface area contributed by atoms with Gasteiger partial charge < -0.3 is 11.1 Å². The summed E-state index contributed by atoms with van der Waals surface area (Å²) in [5.41, 5.74) is 5.66. The first-order valence-electron chi connectivity index (χ1n) is 5.61. The van der Waals surface area contributed by atoms with Crippen LogP contribution in [0.5, 0.6) is 0 Å². The van der Waals surface area contributed by atoms with Gasteiger partial charge in [0.2, 0.25) is 5.91 Å². The van der Waals surface area contributed by atoms with Crippen molar-refractivity contribution >= 4 is 5.91 Å². The van der Waals surface area contributed by atoms with Crippen LogP contribution in [0.15, 0.2) is 12.7 Å². The van der Waals surface area contributed by atoms with Gasteiger partial charge in [-0.15, -0.1) is 0 Å². The summed E-state index contributed by atoms with van der Waals surface area (Å²) in [5.74, 6) is 0.413. The molecule has 3 N–H and O–H groups in total. The van der Waals surface area contributed by atoms with Gasteiger partial charge in [0.1, 0.15) is 19.2 Å². The highest BCUT2D eigenvalue weighted by Gasteiger charge is 2.27. The van der Waals surface area contributed by atoms with Crippen LogP contribution in [0, 0.1) is 5.92 Å². The van der Waals surface area contributed by atoms with Crippen LogP contribution in [0.25, 0.3) is 0 Å². The fraction of sp³-hybridized carbons (Fsp3) is 0.700. The summed E-state index contributed by atoms with van der Waals surface area (Å²) in [6.07, 6.45) is 6.26. The molecule has 88 valence electrons. The first-order chi connectivity index (χ1) is 7.79. The van der Waals surface area contributed by atoms with Crippen molar-refractivity contribution in [3.8, 4) is 0 Å². The molecule has 1 aromatic rings. The summed E-state index contributed by atoms with van der Waals surface area (Å²) in [5, 5.41) is 6.90. The predicted octanol–water partition coefficient (Wildman–Crippen LogP) is -0.478. The maximum absolute atomic E-state index is 11.7. The second-order valence-electron chi connectivity index (χ2n) is 4.19. The third kappa shape index (κ3) is 2.57. The number of nitrogens with zero attached hydrogens (tertiary/aromatic N) is 3. The Labute approximate surface area is 94.2 Å². The Morgan fingerprint density at radius 1 is 1.56 bits per heavy atom. The Bertz CT molecular complexity index is 337. The molecule has 6 heteroatoms. The Kier molecular flexibility index (Phi) is 3.51. The second kappa shape index (κ2) is 5.07. The molecule has 2 rings (SSSR count). The van der Waals surface area contributed by atoms with Crippen molar-refractivity contribution in [1.29, 1.82) is 0 Å². The van der Waals surface area contributed by atoms with Crippen LogP contribution < -0.4 is 11.1 Å². The van der Waals surface area contributed by atoms with E-state index in [0.29, 0.717) is 12.5 Å². The smallest absolute Gasteiger partial charge is 0.242 e. The quantitative estimate of drug-likeness (QED) is 0.722. The first kappa shape index (κ1) is 11.1. The number of carbonyl (C=O) groups excluding carboxylic acids is 1. The number of carbonyl (C=O) groups is 1. The fourth-order valence-corrected chi connectivity index (χ4v) is 2.22. The van der Waals surface area contributed by atoms with Gasteiger partial charge in [-0.05, 0) is 25.3 Å². The number of nitrogens with one attached hydrogen (secondary N) is 1. The third-order valence-electron chi connectivity index (χ3n) is 3.08. The molecule has 1 aromatic heterocycles. The number of aromatic nitrogens is 3. The first-order valence-corrected chi connectivity index (χ1v) is 5.61. The zero-order valence-corrected chi connectivity index (χ0v) is 9.17. The highest BCUT2D eigenvalue weighted by molar-refractivity contribution is 5.76. The van der Waals surface area contributed by atoms with E-state index in [1.807, 2.05) is 0 Å². The van der Waals surface area contributed by atoms with Gasteiger partial charge in [-0.1, -0.05) is 6.42 Å². The topological polar surface area (TPSA) is 85.8 Å². The minimum absolute atomic E-state index is 0.0177. The molecule has 0 aliphatic heterocycles. The molecular formula is C10H17N5O. The minimum atomic E-state index is -0.0177. The van der Waals surface area contributed by atoms with E-state index in [1.165, 1.54) is 17.3 Å². The number of hydrogen-bond acceptors (Lipinski definition) is 4. The Morgan fingerprint density at radius 2 is 2.44 bits per heavy atom. The van der Waals surface area contributed by atoms with Crippen molar-refractivity contribution in [2.75, 3.05) is 6.54 Å². The average molecular weight is 223 g/mol. The number of amides is 1. The summed E-state index contributed by atoms with van der Waals surface area (Å²) in [7, 11) is 0. The van der Waals surface area contributed by atoms with Crippen molar-refractivity contribution in [1.82, 2.24) is 20.1 Å². The lowest BCUT2D eigenvalue weighted by Crippen LogP contribution is -2.41. The van der Waals surface area contributed by atoms with Crippen LogP contribution in [-0.2, 0) is 11.3 Å². The van der Waals surface area contributed by atoms with Crippen molar-refractivity contribution < 1.29 is 4.79 Å². The largest absolute Gasteiger partial charge is 0.351 e. The lowest BCUT2D eigenvalue weighted by molar-refractivity contribution is -0.122. The van der Waals surface area contributed by atoms with E-state index in [1.54, 1.807) is 0 Å². The highest BCUT2D eigenvalue weighted by atomic mass is 16.2. The molecule has 2 unspecified atom stereocenters. The summed E-state index contributed by atoms with van der Waals surface area (Å²) >= 11 is 0. The van der Waals surface area contributed by atoms with Gasteiger partial charge in [0.05, 0.1) is 0 Å². The lowest BCUT2D eigenvalue weighted by Gasteiger charge is -2.19. The lowest BCUT2D eigenvalue weighted by atomic mass is 10.0. The van der Waals surface area contributed by atoms with Gasteiger partial charge in [0.15, 0.2) is 0 Å². The molecule has 2 atom stereocenters. The SMILES string of the molecule is NCC1CCCC1NC(=O)Cn1cncn1. The maximum Gasteiger partial charge on any atom is 0.242 e. The van der Waals surface area contributed by atoms with E-state index in [4.69, 9.17) is 5.73 Å². The van der Waals surface area contributed by atoms with Gasteiger partial charge in [-0.2, -0.15) is 5.10 Å². The normalized spacial score (nSPS) is 24.6. The second-order valence-corrected chi connectivity index (χ2v) is 4.19. The molecule has 0 bridgehead atoms. The standard InChI is InChI=1S/C10H17N5O/c11-4-8-2-1-3-9(8)14-10(16)5-15-7-12-6-13-15/h6-9H,1-5,11H2,(H,14,16). The van der Waals surface area contributed by atoms with Crippen molar-refractivity contribution in [2.45, 2.75) is 31.8 Å². The van der Waals surface area contributed by atoms with Gasteiger partial charge in [0.25, 0.3) is 0 Å². The predicted molar refractivity (Wildman–Crippen MR) is 58.3 cm³/mol. The summed E-state index contributed by atoms with van der Waals surface area (Å²) in [6.45, 7) is 0.877. The van der Waals surface area contributed by atoms with Gasteiger partial charge in [0, 0.05) is 6.04 Å². The molecule has 0 spiro atoms. The molecule has 1 saturated carbocycles. The van der Waals surface area contributed by atoms with Crippen molar-refractivity contribution in [3.63, 3.8) is 0 Å². The Balaban J connectivity index is 1.83. The number of rotatable bonds is 4. The maximum atomic E-state index is 11.7. The van der Waals surface area contributed by atoms with E-state index in [9.17, 15) is 4.79 Å². The fourth-order valence-electron chi connectivity index (χ4n) is 2.22.